The fourth-order valence-electron chi connectivity index (χ4n) is 6.36. The topological polar surface area (TPSA) is 152 Å². The Kier molecular flexibility index (Phi) is 12.2. The molecule has 1 aliphatic rings. The maximum Gasteiger partial charge on any atom is 0.274 e. The second-order valence-corrected chi connectivity index (χ2v) is 12.7. The van der Waals surface area contributed by atoms with Crippen LogP contribution in [-0.2, 0) is 18.9 Å². The maximum absolute atomic E-state index is 13.9. The van der Waals surface area contributed by atoms with Crippen LogP contribution in [-0.4, -0.2) is 99.4 Å². The van der Waals surface area contributed by atoms with Gasteiger partial charge in [0.05, 0.1) is 51.9 Å². The van der Waals surface area contributed by atoms with Crippen molar-refractivity contribution in [2.75, 3.05) is 82.6 Å². The van der Waals surface area contributed by atoms with Crippen molar-refractivity contribution in [3.8, 4) is 17.2 Å². The number of hydrogen-bond donors (Lipinski definition) is 4. The number of H-pyrrole nitrogens is 1. The van der Waals surface area contributed by atoms with E-state index in [4.69, 9.17) is 35.3 Å². The zero-order chi connectivity index (χ0) is 36.6. The number of nitrogens with one attached hydrogen (secondary N) is 2. The minimum Gasteiger partial charge on any atom is -0.507 e. The van der Waals surface area contributed by atoms with Gasteiger partial charge in [-0.1, -0.05) is 18.2 Å². The number of aromatic nitrogens is 1. The molecule has 0 bridgehead atoms. The minimum atomic E-state index is -0.404. The van der Waals surface area contributed by atoms with Crippen LogP contribution in [0.25, 0.3) is 21.7 Å². The van der Waals surface area contributed by atoms with E-state index in [1.54, 1.807) is 42.3 Å². The highest BCUT2D eigenvalue weighted by Gasteiger charge is 2.35. The molecule has 4 aromatic carbocycles. The van der Waals surface area contributed by atoms with E-state index in [1.165, 1.54) is 18.2 Å². The number of aromatic amines is 1. The Hall–Kier alpha value is -4.85. The molecule has 1 aliphatic heterocycles. The summed E-state index contributed by atoms with van der Waals surface area (Å²) < 4.78 is 26.9. The van der Waals surface area contributed by atoms with Gasteiger partial charge in [0.15, 0.2) is 11.5 Å². The van der Waals surface area contributed by atoms with Crippen molar-refractivity contribution in [2.24, 2.45) is 0 Å². The van der Waals surface area contributed by atoms with Gasteiger partial charge in [-0.2, -0.15) is 0 Å². The number of fused-ring (bicyclic) bond motifs is 4. The number of alkyl halides is 1. The summed E-state index contributed by atoms with van der Waals surface area (Å²) in [5, 5.41) is 26.4. The first kappa shape index (κ1) is 36.9. The lowest BCUT2D eigenvalue weighted by atomic mass is 9.92. The fourth-order valence-corrected chi connectivity index (χ4v) is 6.61. The molecule has 2 heterocycles. The average Bonchev–Trinajstić information content (AvgIpc) is 3.74. The number of hydrogen-bond acceptors (Lipinski definition) is 9. The molecule has 52 heavy (non-hydrogen) atoms. The van der Waals surface area contributed by atoms with Gasteiger partial charge in [0.25, 0.3) is 11.8 Å². The van der Waals surface area contributed by atoms with Crippen LogP contribution in [0, 0.1) is 6.92 Å². The van der Waals surface area contributed by atoms with Gasteiger partial charge in [-0.25, -0.2) is 0 Å². The van der Waals surface area contributed by atoms with Gasteiger partial charge in [0.2, 0.25) is 0 Å². The molecule has 0 saturated heterocycles. The van der Waals surface area contributed by atoms with E-state index < -0.39 is 5.91 Å². The number of anilines is 2. The number of phenols is 2. The van der Waals surface area contributed by atoms with Gasteiger partial charge in [-0.15, -0.1) is 11.6 Å². The second-order valence-electron chi connectivity index (χ2n) is 12.4. The molecule has 4 N–H and O–H groups in total. The summed E-state index contributed by atoms with van der Waals surface area (Å²) >= 11 is 6.42. The van der Waals surface area contributed by atoms with E-state index >= 15 is 0 Å². The van der Waals surface area contributed by atoms with Crippen molar-refractivity contribution < 1.29 is 43.5 Å². The van der Waals surface area contributed by atoms with Gasteiger partial charge in [0.1, 0.15) is 18.1 Å². The molecule has 12 nitrogen and oxygen atoms in total. The van der Waals surface area contributed by atoms with Crippen molar-refractivity contribution in [2.45, 2.75) is 12.8 Å². The number of carbonyl (C=O) groups is 2. The predicted molar refractivity (Wildman–Crippen MR) is 200 cm³/mol. The van der Waals surface area contributed by atoms with Gasteiger partial charge >= 0.3 is 0 Å². The largest absolute Gasteiger partial charge is 0.507 e. The number of ether oxygens (including phenoxy) is 5. The third-order valence-electron chi connectivity index (χ3n) is 8.89. The molecule has 13 heteroatoms. The fraction of sp³-hybridized carbons (Fsp3) is 0.333. The molecule has 0 fully saturated rings. The summed E-state index contributed by atoms with van der Waals surface area (Å²) in [4.78, 5) is 32.0. The number of amides is 2. The Morgan fingerprint density at radius 1 is 0.885 bits per heavy atom. The Labute approximate surface area is 306 Å². The van der Waals surface area contributed by atoms with Crippen molar-refractivity contribution >= 4 is 56.5 Å². The maximum atomic E-state index is 13.9. The zero-order valence-electron chi connectivity index (χ0n) is 29.1. The van der Waals surface area contributed by atoms with Crippen LogP contribution in [0.15, 0.2) is 66.7 Å². The highest BCUT2D eigenvalue weighted by Crippen LogP contribution is 2.46. The van der Waals surface area contributed by atoms with Gasteiger partial charge in [-0.05, 0) is 65.9 Å². The van der Waals surface area contributed by atoms with Crippen molar-refractivity contribution in [3.05, 3.63) is 89.1 Å². The third-order valence-corrected chi connectivity index (χ3v) is 9.27. The lowest BCUT2D eigenvalue weighted by Gasteiger charge is -2.18. The third kappa shape index (κ3) is 8.27. The summed E-state index contributed by atoms with van der Waals surface area (Å²) in [5.74, 6) is -0.262. The number of halogens is 1. The summed E-state index contributed by atoms with van der Waals surface area (Å²) in [7, 11) is 1.62. The summed E-state index contributed by atoms with van der Waals surface area (Å²) in [6, 6.07) is 18.8. The lowest BCUT2D eigenvalue weighted by molar-refractivity contribution is 0.0000838. The van der Waals surface area contributed by atoms with E-state index in [0.717, 1.165) is 27.3 Å². The Morgan fingerprint density at radius 2 is 1.62 bits per heavy atom. The van der Waals surface area contributed by atoms with Crippen LogP contribution in [0.1, 0.15) is 37.9 Å². The van der Waals surface area contributed by atoms with Crippen molar-refractivity contribution in [3.63, 3.8) is 0 Å². The monoisotopic (exact) mass is 731 g/mol. The quantitative estimate of drug-likeness (QED) is 0.0634. The van der Waals surface area contributed by atoms with E-state index in [1.807, 2.05) is 25.1 Å². The number of rotatable bonds is 17. The van der Waals surface area contributed by atoms with Crippen LogP contribution in [0.5, 0.6) is 17.2 Å². The Morgan fingerprint density at radius 3 is 2.35 bits per heavy atom. The molecule has 5 aromatic rings. The number of carbonyl (C=O) groups excluding carboxylic acids is 2. The minimum absolute atomic E-state index is 0.0944. The van der Waals surface area contributed by atoms with E-state index in [2.05, 4.69) is 10.3 Å². The summed E-state index contributed by atoms with van der Waals surface area (Å²) in [6.07, 6.45) is 0. The molecule has 0 spiro atoms. The molecule has 274 valence electrons. The highest BCUT2D eigenvalue weighted by molar-refractivity contribution is 6.19. The average molecular weight is 732 g/mol. The van der Waals surface area contributed by atoms with Crippen LogP contribution in [0.3, 0.4) is 0 Å². The Bertz CT molecular complexity index is 2050. The lowest BCUT2D eigenvalue weighted by Crippen LogP contribution is -2.30. The van der Waals surface area contributed by atoms with E-state index in [9.17, 15) is 19.8 Å². The molecule has 1 aromatic heterocycles. The number of aromatic hydroxyl groups is 2. The molecular formula is C39H42ClN3O9. The van der Waals surface area contributed by atoms with Gasteiger partial charge in [0, 0.05) is 59.1 Å². The molecule has 0 unspecified atom stereocenters. The summed E-state index contributed by atoms with van der Waals surface area (Å²) in [5.41, 5.74) is 4.49. The molecule has 2 amide bonds. The smallest absolute Gasteiger partial charge is 0.274 e. The number of benzene rings is 4. The van der Waals surface area contributed by atoms with Crippen molar-refractivity contribution in [1.82, 2.24) is 4.98 Å². The predicted octanol–water partition coefficient (Wildman–Crippen LogP) is 6.35. The molecule has 1 atom stereocenters. The van der Waals surface area contributed by atoms with Gasteiger partial charge in [-0.3, -0.25) is 9.59 Å². The van der Waals surface area contributed by atoms with Crippen LogP contribution < -0.4 is 15.0 Å². The Balaban J connectivity index is 1.06. The highest BCUT2D eigenvalue weighted by atomic mass is 35.5. The number of phenolic OH excluding ortho intramolecular Hbond substituents is 2. The first-order valence-electron chi connectivity index (χ1n) is 17.0. The number of nitrogens with zero attached hydrogens (tertiary/aromatic N) is 1. The normalized spacial score (nSPS) is 13.9. The SMILES string of the molecule is COCCOCCOCCOCCOc1cc(C(=O)Nc2ccc3[nH]c(C(=O)N4C[C@@H](CCl)c5c4cc(O)c4cccc(C)c54)cc3c2)ccc1O. The van der Waals surface area contributed by atoms with Gasteiger partial charge < -0.3 is 49.1 Å². The number of aryl methyl sites for hydroxylation is 1. The zero-order valence-corrected chi connectivity index (χ0v) is 29.8. The van der Waals surface area contributed by atoms with Crippen LogP contribution in [0.4, 0.5) is 11.4 Å². The molecule has 6 rings (SSSR count). The first-order valence-corrected chi connectivity index (χ1v) is 17.6. The molecule has 0 radical (unpaired) electrons. The van der Waals surface area contributed by atoms with Crippen LogP contribution >= 0.6 is 11.6 Å². The van der Waals surface area contributed by atoms with E-state index in [0.29, 0.717) is 74.7 Å². The molecule has 0 aliphatic carbocycles. The molecule has 0 saturated carbocycles. The first-order chi connectivity index (χ1) is 25.3. The van der Waals surface area contributed by atoms with E-state index in [-0.39, 0.29) is 47.9 Å². The van der Waals surface area contributed by atoms with Crippen LogP contribution in [0.2, 0.25) is 0 Å². The van der Waals surface area contributed by atoms with Crippen molar-refractivity contribution in [1.29, 1.82) is 0 Å². The second kappa shape index (κ2) is 17.1. The number of methoxy groups -OCH3 is 1. The summed E-state index contributed by atoms with van der Waals surface area (Å²) in [6.45, 7) is 5.59. The molecular weight excluding hydrogens is 690 g/mol. The standard InChI is InChI=1S/C39H42ClN3O9/c1-24-4-3-5-29-34(45)21-32-37(36(24)29)27(22-40)23-43(32)39(47)31-19-26-18-28(7-8-30(26)42-31)41-38(46)25-6-9-33(44)35(20-25)52-17-16-51-15-14-50-13-12-49-11-10-48-2/h3-9,18-21,27,42,44-45H,10-17,22-23H2,1-2H3,(H,41,46)/t27-/m1/s1.